The highest BCUT2D eigenvalue weighted by molar-refractivity contribution is 6.05. The van der Waals surface area contributed by atoms with Crippen LogP contribution in [-0.2, 0) is 19.2 Å². The maximum Gasteiger partial charge on any atom is 0.294 e. The SMILES string of the molecule is CC(=O)CC(=O)Nc1ccc(NC(=O)CC(C)=O)c([N+](=O)[O-])c1. The Morgan fingerprint density at radius 2 is 1.52 bits per heavy atom. The summed E-state index contributed by atoms with van der Waals surface area (Å²) in [5, 5.41) is 15.7. The number of benzene rings is 1. The van der Waals surface area contributed by atoms with E-state index in [-0.39, 0.29) is 29.4 Å². The smallest absolute Gasteiger partial charge is 0.294 e. The average Bonchev–Trinajstić information content (AvgIpc) is 2.38. The lowest BCUT2D eigenvalue weighted by molar-refractivity contribution is -0.383. The second kappa shape index (κ2) is 7.78. The molecule has 0 saturated carbocycles. The third-order valence-corrected chi connectivity index (χ3v) is 2.57. The highest BCUT2D eigenvalue weighted by atomic mass is 16.6. The summed E-state index contributed by atoms with van der Waals surface area (Å²) in [6.45, 7) is 2.47. The second-order valence-corrected chi connectivity index (χ2v) is 4.84. The van der Waals surface area contributed by atoms with Gasteiger partial charge in [-0.05, 0) is 26.0 Å². The molecule has 2 N–H and O–H groups in total. The van der Waals surface area contributed by atoms with Crippen molar-refractivity contribution in [3.05, 3.63) is 28.3 Å². The number of amides is 2. The second-order valence-electron chi connectivity index (χ2n) is 4.84. The van der Waals surface area contributed by atoms with E-state index in [1.54, 1.807) is 0 Å². The molecule has 0 fully saturated rings. The van der Waals surface area contributed by atoms with E-state index in [0.29, 0.717) is 0 Å². The molecule has 0 bridgehead atoms. The van der Waals surface area contributed by atoms with Crippen LogP contribution in [0.4, 0.5) is 17.1 Å². The molecule has 9 heteroatoms. The first-order chi connectivity index (χ1) is 10.7. The Labute approximate surface area is 131 Å². The molecule has 1 aromatic rings. The summed E-state index contributed by atoms with van der Waals surface area (Å²) in [5.41, 5.74) is -0.416. The van der Waals surface area contributed by atoms with Crippen molar-refractivity contribution in [2.24, 2.45) is 0 Å². The molecule has 1 rings (SSSR count). The Hall–Kier alpha value is -3.10. The molecule has 0 atom stereocenters. The Bertz CT molecular complexity index is 683. The summed E-state index contributed by atoms with van der Waals surface area (Å²) in [6, 6.07) is 3.63. The van der Waals surface area contributed by atoms with E-state index in [0.717, 1.165) is 6.07 Å². The van der Waals surface area contributed by atoms with Crippen LogP contribution < -0.4 is 10.6 Å². The van der Waals surface area contributed by atoms with Gasteiger partial charge in [-0.1, -0.05) is 0 Å². The van der Waals surface area contributed by atoms with E-state index in [1.165, 1.54) is 26.0 Å². The van der Waals surface area contributed by atoms with E-state index in [1.807, 2.05) is 0 Å². The highest BCUT2D eigenvalue weighted by Crippen LogP contribution is 2.28. The van der Waals surface area contributed by atoms with Crippen LogP contribution >= 0.6 is 0 Å². The Morgan fingerprint density at radius 3 is 2.00 bits per heavy atom. The number of rotatable bonds is 7. The number of carbonyl (C=O) groups is 4. The summed E-state index contributed by atoms with van der Waals surface area (Å²) in [5.74, 6) is -1.99. The topological polar surface area (TPSA) is 135 Å². The normalized spacial score (nSPS) is 9.83. The maximum absolute atomic E-state index is 11.5. The van der Waals surface area contributed by atoms with Crippen LogP contribution in [-0.4, -0.2) is 28.3 Å². The summed E-state index contributed by atoms with van der Waals surface area (Å²) in [4.78, 5) is 55.0. The van der Waals surface area contributed by atoms with Gasteiger partial charge in [0.15, 0.2) is 0 Å². The number of nitro benzene ring substituents is 1. The Balaban J connectivity index is 2.96. The lowest BCUT2D eigenvalue weighted by Crippen LogP contribution is -2.17. The molecular formula is C14H15N3O6. The first kappa shape index (κ1) is 18.0. The fourth-order valence-corrected chi connectivity index (χ4v) is 1.72. The van der Waals surface area contributed by atoms with Gasteiger partial charge in [-0.25, -0.2) is 0 Å². The molecule has 0 aromatic heterocycles. The van der Waals surface area contributed by atoms with E-state index in [4.69, 9.17) is 0 Å². The fourth-order valence-electron chi connectivity index (χ4n) is 1.72. The van der Waals surface area contributed by atoms with E-state index < -0.39 is 28.8 Å². The Kier molecular flexibility index (Phi) is 6.07. The number of Topliss-reactive ketones (excluding diaryl/α,β-unsaturated/α-hetero) is 2. The largest absolute Gasteiger partial charge is 0.325 e. The molecule has 0 spiro atoms. The molecule has 1 aromatic carbocycles. The third-order valence-electron chi connectivity index (χ3n) is 2.57. The minimum Gasteiger partial charge on any atom is -0.325 e. The van der Waals surface area contributed by atoms with Gasteiger partial charge < -0.3 is 10.6 Å². The molecule has 0 unspecified atom stereocenters. The van der Waals surface area contributed by atoms with Gasteiger partial charge in [-0.15, -0.1) is 0 Å². The van der Waals surface area contributed by atoms with Crippen molar-refractivity contribution in [1.29, 1.82) is 0 Å². The quantitative estimate of drug-likeness (QED) is 0.443. The number of carbonyl (C=O) groups excluding carboxylic acids is 4. The molecule has 2 amide bonds. The fraction of sp³-hybridized carbons (Fsp3) is 0.286. The zero-order valence-electron chi connectivity index (χ0n) is 12.5. The summed E-state index contributed by atoms with van der Waals surface area (Å²) >= 11 is 0. The van der Waals surface area contributed by atoms with E-state index >= 15 is 0 Å². The van der Waals surface area contributed by atoms with Crippen molar-refractivity contribution in [3.8, 4) is 0 Å². The van der Waals surface area contributed by atoms with Crippen LogP contribution in [0.25, 0.3) is 0 Å². The molecular weight excluding hydrogens is 306 g/mol. The Morgan fingerprint density at radius 1 is 1.00 bits per heavy atom. The molecule has 0 aliphatic rings. The number of nitro groups is 1. The molecule has 0 radical (unpaired) electrons. The van der Waals surface area contributed by atoms with Crippen molar-refractivity contribution in [1.82, 2.24) is 0 Å². The maximum atomic E-state index is 11.5. The van der Waals surface area contributed by atoms with Gasteiger partial charge in [0.2, 0.25) is 11.8 Å². The van der Waals surface area contributed by atoms with Crippen LogP contribution in [0.1, 0.15) is 26.7 Å². The van der Waals surface area contributed by atoms with Crippen LogP contribution in [0.3, 0.4) is 0 Å². The average molecular weight is 321 g/mol. The molecule has 23 heavy (non-hydrogen) atoms. The molecule has 9 nitrogen and oxygen atoms in total. The van der Waals surface area contributed by atoms with Crippen molar-refractivity contribution < 1.29 is 24.1 Å². The summed E-state index contributed by atoms with van der Waals surface area (Å²) in [6.07, 6.45) is -0.737. The van der Waals surface area contributed by atoms with Crippen molar-refractivity contribution in [2.45, 2.75) is 26.7 Å². The molecule has 0 heterocycles. The summed E-state index contributed by atoms with van der Waals surface area (Å²) < 4.78 is 0. The van der Waals surface area contributed by atoms with Crippen LogP contribution in [0.15, 0.2) is 18.2 Å². The lowest BCUT2D eigenvalue weighted by Gasteiger charge is -2.08. The monoisotopic (exact) mass is 321 g/mol. The number of hydrogen-bond donors (Lipinski definition) is 2. The van der Waals surface area contributed by atoms with Gasteiger partial charge in [0.05, 0.1) is 17.8 Å². The first-order valence-electron chi connectivity index (χ1n) is 6.56. The predicted octanol–water partition coefficient (Wildman–Crippen LogP) is 1.43. The van der Waals surface area contributed by atoms with Crippen LogP contribution in [0.2, 0.25) is 0 Å². The van der Waals surface area contributed by atoms with Crippen LogP contribution in [0.5, 0.6) is 0 Å². The molecule has 122 valence electrons. The minimum absolute atomic E-state index is 0.0918. The van der Waals surface area contributed by atoms with Crippen molar-refractivity contribution in [2.75, 3.05) is 10.6 Å². The number of ketones is 2. The number of nitrogens with zero attached hydrogens (tertiary/aromatic N) is 1. The van der Waals surface area contributed by atoms with Gasteiger partial charge in [-0.2, -0.15) is 0 Å². The van der Waals surface area contributed by atoms with E-state index in [2.05, 4.69) is 10.6 Å². The van der Waals surface area contributed by atoms with Crippen molar-refractivity contribution in [3.63, 3.8) is 0 Å². The molecule has 0 saturated heterocycles. The number of anilines is 2. The predicted molar refractivity (Wildman–Crippen MR) is 81.0 cm³/mol. The summed E-state index contributed by atoms with van der Waals surface area (Å²) in [7, 11) is 0. The zero-order chi connectivity index (χ0) is 17.6. The van der Waals surface area contributed by atoms with Crippen LogP contribution in [0, 0.1) is 10.1 Å². The van der Waals surface area contributed by atoms with Gasteiger partial charge in [0.1, 0.15) is 17.3 Å². The minimum atomic E-state index is -0.732. The van der Waals surface area contributed by atoms with Gasteiger partial charge in [0.25, 0.3) is 5.69 Å². The van der Waals surface area contributed by atoms with Gasteiger partial charge in [-0.3, -0.25) is 29.3 Å². The van der Waals surface area contributed by atoms with Gasteiger partial charge >= 0.3 is 0 Å². The standard InChI is InChI=1S/C14H15N3O6/c1-8(18)5-13(20)15-10-3-4-11(12(7-10)17(22)23)16-14(21)6-9(2)19/h3-4,7H,5-6H2,1-2H3,(H,15,20)(H,16,21). The lowest BCUT2D eigenvalue weighted by atomic mass is 10.2. The highest BCUT2D eigenvalue weighted by Gasteiger charge is 2.18. The molecule has 0 aliphatic carbocycles. The van der Waals surface area contributed by atoms with Crippen molar-refractivity contribution >= 4 is 40.4 Å². The zero-order valence-corrected chi connectivity index (χ0v) is 12.5. The van der Waals surface area contributed by atoms with E-state index in [9.17, 15) is 29.3 Å². The number of nitrogens with one attached hydrogen (secondary N) is 2. The third kappa shape index (κ3) is 6.04. The molecule has 0 aliphatic heterocycles. The number of hydrogen-bond acceptors (Lipinski definition) is 6. The van der Waals surface area contributed by atoms with Gasteiger partial charge in [0, 0.05) is 11.8 Å². The first-order valence-corrected chi connectivity index (χ1v) is 6.56.